The largest absolute Gasteiger partial charge is 0.385 e. The number of piperidine rings is 2. The van der Waals surface area contributed by atoms with E-state index in [1.165, 1.54) is 37.7 Å². The lowest BCUT2D eigenvalue weighted by Gasteiger charge is -2.45. The Bertz CT molecular complexity index is 427. The van der Waals surface area contributed by atoms with E-state index in [4.69, 9.17) is 0 Å². The van der Waals surface area contributed by atoms with E-state index in [-0.39, 0.29) is 0 Å². The molecule has 0 radical (unpaired) electrons. The summed E-state index contributed by atoms with van der Waals surface area (Å²) < 4.78 is 0. The van der Waals surface area contributed by atoms with Crippen LogP contribution in [-0.2, 0) is 12.0 Å². The van der Waals surface area contributed by atoms with E-state index in [9.17, 15) is 5.11 Å². The third-order valence-corrected chi connectivity index (χ3v) is 5.06. The second-order valence-corrected chi connectivity index (χ2v) is 6.73. The first-order valence-electron chi connectivity index (χ1n) is 8.27. The molecule has 2 heteroatoms. The molecule has 2 N–H and O–H groups in total. The van der Waals surface area contributed by atoms with Crippen LogP contribution >= 0.6 is 0 Å². The lowest BCUT2D eigenvalue weighted by Crippen LogP contribution is -2.54. The molecule has 0 saturated carbocycles. The molecule has 110 valence electrons. The summed E-state index contributed by atoms with van der Waals surface area (Å²) in [7, 11) is 0. The van der Waals surface area contributed by atoms with Crippen molar-refractivity contribution in [1.82, 2.24) is 5.32 Å². The molecule has 0 aromatic heterocycles. The maximum atomic E-state index is 11.1. The summed E-state index contributed by atoms with van der Waals surface area (Å²) in [6, 6.07) is 9.75. The molecule has 2 unspecified atom stereocenters. The third kappa shape index (κ3) is 2.91. The van der Waals surface area contributed by atoms with Gasteiger partial charge in [-0.05, 0) is 49.7 Å². The minimum Gasteiger partial charge on any atom is -0.385 e. The molecule has 0 spiro atoms. The number of nitrogens with one attached hydrogen (secondary N) is 1. The summed E-state index contributed by atoms with van der Waals surface area (Å²) in [5.74, 6) is 0. The number of unbranched alkanes of at least 4 members (excludes halogenated alkanes) is 1. The SMILES string of the molecule is CCCCc1ccc(C2(O)CC3CCCC(C2)N3)cc1. The molecule has 3 rings (SSSR count). The second kappa shape index (κ2) is 5.87. The molecule has 2 fully saturated rings. The van der Waals surface area contributed by atoms with Crippen LogP contribution in [0.5, 0.6) is 0 Å². The highest BCUT2D eigenvalue weighted by molar-refractivity contribution is 5.28. The van der Waals surface area contributed by atoms with Gasteiger partial charge < -0.3 is 10.4 Å². The Balaban J connectivity index is 1.74. The van der Waals surface area contributed by atoms with Crippen molar-refractivity contribution in [3.8, 4) is 0 Å². The first kappa shape index (κ1) is 14.1. The number of fused-ring (bicyclic) bond motifs is 2. The highest BCUT2D eigenvalue weighted by atomic mass is 16.3. The fraction of sp³-hybridized carbons (Fsp3) is 0.667. The smallest absolute Gasteiger partial charge is 0.0926 e. The zero-order chi connectivity index (χ0) is 14.0. The molecular weight excluding hydrogens is 246 g/mol. The summed E-state index contributed by atoms with van der Waals surface area (Å²) in [4.78, 5) is 0. The Morgan fingerprint density at radius 2 is 1.80 bits per heavy atom. The molecule has 2 aliphatic heterocycles. The molecule has 1 aromatic carbocycles. The summed E-state index contributed by atoms with van der Waals surface area (Å²) in [6.45, 7) is 2.23. The van der Waals surface area contributed by atoms with Gasteiger partial charge in [-0.2, -0.15) is 0 Å². The first-order valence-corrected chi connectivity index (χ1v) is 8.27. The summed E-state index contributed by atoms with van der Waals surface area (Å²) in [5, 5.41) is 14.7. The van der Waals surface area contributed by atoms with E-state index < -0.39 is 5.60 Å². The van der Waals surface area contributed by atoms with Crippen molar-refractivity contribution in [2.45, 2.75) is 76.0 Å². The van der Waals surface area contributed by atoms with Gasteiger partial charge in [-0.1, -0.05) is 44.0 Å². The van der Waals surface area contributed by atoms with Crippen molar-refractivity contribution in [2.24, 2.45) is 0 Å². The maximum Gasteiger partial charge on any atom is 0.0926 e. The van der Waals surface area contributed by atoms with E-state index in [0.29, 0.717) is 12.1 Å². The molecular formula is C18H27NO. The van der Waals surface area contributed by atoms with E-state index in [1.807, 2.05) is 0 Å². The van der Waals surface area contributed by atoms with Gasteiger partial charge in [0.1, 0.15) is 0 Å². The molecule has 0 amide bonds. The molecule has 2 bridgehead atoms. The molecule has 2 aliphatic rings. The summed E-state index contributed by atoms with van der Waals surface area (Å²) >= 11 is 0. The van der Waals surface area contributed by atoms with Crippen LogP contribution in [0.2, 0.25) is 0 Å². The average molecular weight is 273 g/mol. The van der Waals surface area contributed by atoms with Gasteiger partial charge in [-0.3, -0.25) is 0 Å². The summed E-state index contributed by atoms with van der Waals surface area (Å²) in [5.41, 5.74) is 1.91. The Labute approximate surface area is 122 Å². The van der Waals surface area contributed by atoms with Crippen molar-refractivity contribution in [3.05, 3.63) is 35.4 Å². The standard InChI is InChI=1S/C18H27NO/c1-2-3-5-14-8-10-15(11-9-14)18(20)12-16-6-4-7-17(13-18)19-16/h8-11,16-17,19-20H,2-7,12-13H2,1H3. The zero-order valence-electron chi connectivity index (χ0n) is 12.6. The Morgan fingerprint density at radius 1 is 1.15 bits per heavy atom. The molecule has 0 aliphatic carbocycles. The topological polar surface area (TPSA) is 32.3 Å². The lowest BCUT2D eigenvalue weighted by atomic mass is 9.74. The quantitative estimate of drug-likeness (QED) is 0.879. The number of rotatable bonds is 4. The minimum absolute atomic E-state index is 0.507. The fourth-order valence-corrected chi connectivity index (χ4v) is 3.93. The predicted molar refractivity (Wildman–Crippen MR) is 82.7 cm³/mol. The van der Waals surface area contributed by atoms with Crippen LogP contribution in [0.1, 0.15) is 63.0 Å². The molecule has 2 saturated heterocycles. The number of hydrogen-bond acceptors (Lipinski definition) is 2. The van der Waals surface area contributed by atoms with Crippen LogP contribution in [-0.4, -0.2) is 17.2 Å². The van der Waals surface area contributed by atoms with Crippen LogP contribution < -0.4 is 5.32 Å². The van der Waals surface area contributed by atoms with Gasteiger partial charge in [0.15, 0.2) is 0 Å². The summed E-state index contributed by atoms with van der Waals surface area (Å²) in [6.07, 6.45) is 9.13. The molecule has 20 heavy (non-hydrogen) atoms. The van der Waals surface area contributed by atoms with Crippen LogP contribution in [0.15, 0.2) is 24.3 Å². The van der Waals surface area contributed by atoms with Crippen LogP contribution in [0.4, 0.5) is 0 Å². The van der Waals surface area contributed by atoms with Gasteiger partial charge in [-0.15, -0.1) is 0 Å². The number of benzene rings is 1. The van der Waals surface area contributed by atoms with Gasteiger partial charge in [0.05, 0.1) is 5.60 Å². The van der Waals surface area contributed by atoms with Crippen molar-refractivity contribution >= 4 is 0 Å². The van der Waals surface area contributed by atoms with Gasteiger partial charge in [-0.25, -0.2) is 0 Å². The van der Waals surface area contributed by atoms with Crippen molar-refractivity contribution in [1.29, 1.82) is 0 Å². The van der Waals surface area contributed by atoms with Gasteiger partial charge in [0.2, 0.25) is 0 Å². The van der Waals surface area contributed by atoms with E-state index in [1.54, 1.807) is 0 Å². The van der Waals surface area contributed by atoms with Crippen LogP contribution in [0, 0.1) is 0 Å². The number of hydrogen-bond donors (Lipinski definition) is 2. The Morgan fingerprint density at radius 3 is 2.40 bits per heavy atom. The number of aryl methyl sites for hydroxylation is 1. The second-order valence-electron chi connectivity index (χ2n) is 6.73. The van der Waals surface area contributed by atoms with Gasteiger partial charge in [0.25, 0.3) is 0 Å². The van der Waals surface area contributed by atoms with E-state index >= 15 is 0 Å². The van der Waals surface area contributed by atoms with Gasteiger partial charge in [0, 0.05) is 12.1 Å². The fourth-order valence-electron chi connectivity index (χ4n) is 3.93. The van der Waals surface area contributed by atoms with Crippen molar-refractivity contribution in [3.63, 3.8) is 0 Å². The molecule has 2 atom stereocenters. The lowest BCUT2D eigenvalue weighted by molar-refractivity contribution is -0.0358. The minimum atomic E-state index is -0.607. The first-order chi connectivity index (χ1) is 9.69. The normalized spacial score (nSPS) is 33.1. The van der Waals surface area contributed by atoms with Crippen LogP contribution in [0.3, 0.4) is 0 Å². The maximum absolute atomic E-state index is 11.1. The van der Waals surface area contributed by atoms with Crippen molar-refractivity contribution < 1.29 is 5.11 Å². The Kier molecular flexibility index (Phi) is 4.13. The molecule has 2 nitrogen and oxygen atoms in total. The zero-order valence-corrected chi connectivity index (χ0v) is 12.6. The third-order valence-electron chi connectivity index (χ3n) is 5.06. The van der Waals surface area contributed by atoms with E-state index in [0.717, 1.165) is 24.8 Å². The predicted octanol–water partition coefficient (Wildman–Crippen LogP) is 3.52. The average Bonchev–Trinajstić information content (AvgIpc) is 2.45. The highest BCUT2D eigenvalue weighted by Crippen LogP contribution is 2.39. The number of aliphatic hydroxyl groups is 1. The Hall–Kier alpha value is -0.860. The van der Waals surface area contributed by atoms with Crippen LogP contribution in [0.25, 0.3) is 0 Å². The van der Waals surface area contributed by atoms with E-state index in [2.05, 4.69) is 36.5 Å². The monoisotopic (exact) mass is 273 g/mol. The van der Waals surface area contributed by atoms with Gasteiger partial charge >= 0.3 is 0 Å². The highest BCUT2D eigenvalue weighted by Gasteiger charge is 2.41. The van der Waals surface area contributed by atoms with Crippen molar-refractivity contribution in [2.75, 3.05) is 0 Å². The molecule has 1 aromatic rings. The molecule has 2 heterocycles.